The van der Waals surface area contributed by atoms with E-state index in [1.54, 1.807) is 0 Å². The molecule has 0 aliphatic heterocycles. The third-order valence-electron chi connectivity index (χ3n) is 2.65. The SMILES string of the molecule is O=C(N/N=C\c1ccc(Cl)c([N+](=O)[O-])c1)c1ccc(F)cc1. The van der Waals surface area contributed by atoms with Gasteiger partial charge in [0.15, 0.2) is 0 Å². The Morgan fingerprint density at radius 3 is 2.59 bits per heavy atom. The number of hydrazone groups is 1. The Labute approximate surface area is 129 Å². The number of benzene rings is 2. The van der Waals surface area contributed by atoms with Crippen molar-refractivity contribution in [2.24, 2.45) is 5.10 Å². The first-order chi connectivity index (χ1) is 10.5. The molecule has 0 radical (unpaired) electrons. The molecule has 0 aliphatic carbocycles. The first-order valence-electron chi connectivity index (χ1n) is 6.00. The van der Waals surface area contributed by atoms with Crippen molar-refractivity contribution in [2.45, 2.75) is 0 Å². The second-order valence-corrected chi connectivity index (χ2v) is 4.58. The summed E-state index contributed by atoms with van der Waals surface area (Å²) in [7, 11) is 0. The number of hydrogen-bond acceptors (Lipinski definition) is 4. The van der Waals surface area contributed by atoms with E-state index in [0.717, 1.165) is 12.1 Å². The number of hydrogen-bond donors (Lipinski definition) is 1. The first kappa shape index (κ1) is 15.6. The topological polar surface area (TPSA) is 84.6 Å². The van der Waals surface area contributed by atoms with E-state index in [1.165, 1.54) is 36.5 Å². The van der Waals surface area contributed by atoms with Gasteiger partial charge >= 0.3 is 0 Å². The number of halogens is 2. The zero-order valence-corrected chi connectivity index (χ0v) is 11.7. The van der Waals surface area contributed by atoms with E-state index in [1.807, 2.05) is 0 Å². The molecule has 0 unspecified atom stereocenters. The Hall–Kier alpha value is -2.80. The molecule has 0 heterocycles. The van der Waals surface area contributed by atoms with Crippen LogP contribution in [0, 0.1) is 15.9 Å². The summed E-state index contributed by atoms with van der Waals surface area (Å²) < 4.78 is 12.7. The normalized spacial score (nSPS) is 10.6. The molecule has 0 bridgehead atoms. The van der Waals surface area contributed by atoms with Gasteiger partial charge in [0.05, 0.1) is 11.1 Å². The fraction of sp³-hybridized carbons (Fsp3) is 0. The van der Waals surface area contributed by atoms with Gasteiger partial charge in [-0.15, -0.1) is 0 Å². The van der Waals surface area contributed by atoms with Crippen LogP contribution in [0.1, 0.15) is 15.9 Å². The number of carbonyl (C=O) groups is 1. The van der Waals surface area contributed by atoms with Crippen LogP contribution in [0.15, 0.2) is 47.6 Å². The zero-order valence-electron chi connectivity index (χ0n) is 11.0. The maximum atomic E-state index is 12.7. The minimum Gasteiger partial charge on any atom is -0.267 e. The van der Waals surface area contributed by atoms with Crippen molar-refractivity contribution in [1.82, 2.24) is 5.43 Å². The molecule has 0 fully saturated rings. The Morgan fingerprint density at radius 1 is 1.27 bits per heavy atom. The third kappa shape index (κ3) is 3.86. The lowest BCUT2D eigenvalue weighted by atomic mass is 10.2. The maximum absolute atomic E-state index is 12.7. The van der Waals surface area contributed by atoms with E-state index >= 15 is 0 Å². The standard InChI is InChI=1S/C14H9ClFN3O3/c15-12-6-1-9(7-13(12)19(21)22)8-17-18-14(20)10-2-4-11(16)5-3-10/h1-8H,(H,18,20)/b17-8-. The number of carbonyl (C=O) groups excluding carboxylic acids is 1. The number of nitrogens with one attached hydrogen (secondary N) is 1. The van der Waals surface area contributed by atoms with Crippen LogP contribution in [-0.4, -0.2) is 17.0 Å². The summed E-state index contributed by atoms with van der Waals surface area (Å²) in [5.41, 5.74) is 2.62. The van der Waals surface area contributed by atoms with E-state index < -0.39 is 16.6 Å². The fourth-order valence-corrected chi connectivity index (χ4v) is 1.77. The van der Waals surface area contributed by atoms with Crippen molar-refractivity contribution in [1.29, 1.82) is 0 Å². The third-order valence-corrected chi connectivity index (χ3v) is 2.97. The molecule has 8 heteroatoms. The van der Waals surface area contributed by atoms with Gasteiger partial charge in [-0.1, -0.05) is 17.7 Å². The molecular weight excluding hydrogens is 313 g/mol. The van der Waals surface area contributed by atoms with Crippen molar-refractivity contribution < 1.29 is 14.1 Å². The summed E-state index contributed by atoms with van der Waals surface area (Å²) in [5, 5.41) is 14.4. The number of nitrogens with zero attached hydrogens (tertiary/aromatic N) is 2. The first-order valence-corrected chi connectivity index (χ1v) is 6.38. The molecule has 0 aromatic heterocycles. The Morgan fingerprint density at radius 2 is 1.95 bits per heavy atom. The molecule has 22 heavy (non-hydrogen) atoms. The number of nitro groups is 1. The predicted molar refractivity (Wildman–Crippen MR) is 79.6 cm³/mol. The van der Waals surface area contributed by atoms with Gasteiger partial charge in [-0.3, -0.25) is 14.9 Å². The summed E-state index contributed by atoms with van der Waals surface area (Å²) in [4.78, 5) is 21.8. The molecule has 112 valence electrons. The molecule has 0 saturated carbocycles. The maximum Gasteiger partial charge on any atom is 0.288 e. The summed E-state index contributed by atoms with van der Waals surface area (Å²) in [6.07, 6.45) is 1.24. The summed E-state index contributed by atoms with van der Waals surface area (Å²) >= 11 is 5.68. The summed E-state index contributed by atoms with van der Waals surface area (Å²) in [6.45, 7) is 0. The molecular formula is C14H9ClFN3O3. The van der Waals surface area contributed by atoms with Crippen LogP contribution in [0.25, 0.3) is 0 Å². The van der Waals surface area contributed by atoms with Crippen molar-refractivity contribution in [3.63, 3.8) is 0 Å². The van der Waals surface area contributed by atoms with Crippen LogP contribution in [0.4, 0.5) is 10.1 Å². The molecule has 2 rings (SSSR count). The largest absolute Gasteiger partial charge is 0.288 e. The average Bonchev–Trinajstić information content (AvgIpc) is 2.49. The number of amides is 1. The van der Waals surface area contributed by atoms with E-state index in [2.05, 4.69) is 10.5 Å². The van der Waals surface area contributed by atoms with Crippen LogP contribution in [-0.2, 0) is 0 Å². The molecule has 0 aliphatic rings. The van der Waals surface area contributed by atoms with Gasteiger partial charge in [0.25, 0.3) is 11.6 Å². The van der Waals surface area contributed by atoms with Gasteiger partial charge in [0, 0.05) is 17.2 Å². The van der Waals surface area contributed by atoms with Crippen LogP contribution in [0.3, 0.4) is 0 Å². The highest BCUT2D eigenvalue weighted by atomic mass is 35.5. The lowest BCUT2D eigenvalue weighted by Gasteiger charge is -2.00. The Kier molecular flexibility index (Phi) is 4.80. The highest BCUT2D eigenvalue weighted by Gasteiger charge is 2.11. The van der Waals surface area contributed by atoms with Crippen LogP contribution in [0.2, 0.25) is 5.02 Å². The molecule has 0 spiro atoms. The van der Waals surface area contributed by atoms with Gasteiger partial charge in [-0.25, -0.2) is 9.82 Å². The van der Waals surface area contributed by atoms with E-state index in [0.29, 0.717) is 5.56 Å². The van der Waals surface area contributed by atoms with Crippen molar-refractivity contribution in [3.8, 4) is 0 Å². The zero-order chi connectivity index (χ0) is 16.1. The quantitative estimate of drug-likeness (QED) is 0.533. The molecule has 1 N–H and O–H groups in total. The van der Waals surface area contributed by atoms with E-state index in [4.69, 9.17) is 11.6 Å². The van der Waals surface area contributed by atoms with Gasteiger partial charge in [0.1, 0.15) is 10.8 Å². The fourth-order valence-electron chi connectivity index (χ4n) is 1.58. The second-order valence-electron chi connectivity index (χ2n) is 4.17. The second kappa shape index (κ2) is 6.77. The van der Waals surface area contributed by atoms with Gasteiger partial charge in [-0.05, 0) is 30.3 Å². The van der Waals surface area contributed by atoms with Crippen LogP contribution >= 0.6 is 11.6 Å². The summed E-state index contributed by atoms with van der Waals surface area (Å²) in [5.74, 6) is -0.978. The molecule has 6 nitrogen and oxygen atoms in total. The van der Waals surface area contributed by atoms with Crippen molar-refractivity contribution in [3.05, 3.63) is 74.5 Å². The van der Waals surface area contributed by atoms with Gasteiger partial charge in [0.2, 0.25) is 0 Å². The smallest absolute Gasteiger partial charge is 0.267 e. The van der Waals surface area contributed by atoms with E-state index in [9.17, 15) is 19.3 Å². The average molecular weight is 322 g/mol. The Balaban J connectivity index is 2.06. The molecule has 2 aromatic rings. The van der Waals surface area contributed by atoms with Gasteiger partial charge < -0.3 is 0 Å². The number of rotatable bonds is 4. The van der Waals surface area contributed by atoms with Crippen LogP contribution < -0.4 is 5.43 Å². The van der Waals surface area contributed by atoms with E-state index in [-0.39, 0.29) is 16.3 Å². The van der Waals surface area contributed by atoms with Gasteiger partial charge in [-0.2, -0.15) is 5.10 Å². The highest BCUT2D eigenvalue weighted by Crippen LogP contribution is 2.24. The molecule has 2 aromatic carbocycles. The lowest BCUT2D eigenvalue weighted by molar-refractivity contribution is -0.384. The van der Waals surface area contributed by atoms with Crippen molar-refractivity contribution in [2.75, 3.05) is 0 Å². The molecule has 0 saturated heterocycles. The number of nitro benzene ring substituents is 1. The monoisotopic (exact) mass is 321 g/mol. The van der Waals surface area contributed by atoms with Crippen molar-refractivity contribution >= 4 is 29.4 Å². The summed E-state index contributed by atoms with van der Waals surface area (Å²) in [6, 6.07) is 9.05. The van der Waals surface area contributed by atoms with Crippen LogP contribution in [0.5, 0.6) is 0 Å². The molecule has 1 amide bonds. The Bertz CT molecular complexity index is 747. The minimum absolute atomic E-state index is 0.0116. The lowest BCUT2D eigenvalue weighted by Crippen LogP contribution is -2.17. The highest BCUT2D eigenvalue weighted by molar-refractivity contribution is 6.32. The predicted octanol–water partition coefficient (Wildman–Crippen LogP) is 3.15. The molecule has 0 atom stereocenters. The minimum atomic E-state index is -0.614.